The van der Waals surface area contributed by atoms with Crippen molar-refractivity contribution in [1.29, 1.82) is 0 Å². The maximum absolute atomic E-state index is 12.5. The van der Waals surface area contributed by atoms with E-state index in [-0.39, 0.29) is 28.7 Å². The average molecular weight is 501 g/mol. The molecule has 0 saturated carbocycles. The van der Waals surface area contributed by atoms with E-state index in [0.717, 1.165) is 12.1 Å². The van der Waals surface area contributed by atoms with Gasteiger partial charge in [0.25, 0.3) is 5.09 Å². The van der Waals surface area contributed by atoms with Gasteiger partial charge in [0, 0.05) is 6.08 Å². The van der Waals surface area contributed by atoms with Gasteiger partial charge in [-0.05, 0) is 42.0 Å². The third-order valence-corrected chi connectivity index (χ3v) is 5.19. The number of nitrogens with two attached hydrogens (primary N) is 1. The van der Waals surface area contributed by atoms with Crippen LogP contribution in [0.25, 0.3) is 6.08 Å². The zero-order valence-electron chi connectivity index (χ0n) is 16.9. The molecule has 0 unspecified atom stereocenters. The number of sulfonamides is 1. The molecule has 0 aliphatic heterocycles. The van der Waals surface area contributed by atoms with E-state index in [0.29, 0.717) is 5.56 Å². The van der Waals surface area contributed by atoms with Crippen LogP contribution in [0.15, 0.2) is 47.4 Å². The van der Waals surface area contributed by atoms with Crippen molar-refractivity contribution in [1.82, 2.24) is 0 Å². The minimum absolute atomic E-state index is 0.0197. The molecule has 0 fully saturated rings. The van der Waals surface area contributed by atoms with Crippen molar-refractivity contribution in [2.45, 2.75) is 4.90 Å². The molecule has 12 nitrogen and oxygen atoms in total. The van der Waals surface area contributed by atoms with Crippen LogP contribution in [0.5, 0.6) is 11.5 Å². The van der Waals surface area contributed by atoms with Gasteiger partial charge in [0.2, 0.25) is 10.0 Å². The Balaban J connectivity index is 2.10. The van der Waals surface area contributed by atoms with Crippen LogP contribution in [0, 0.1) is 10.1 Å². The Bertz CT molecular complexity index is 1200. The van der Waals surface area contributed by atoms with E-state index >= 15 is 0 Å². The quantitative estimate of drug-likeness (QED) is 0.127. The van der Waals surface area contributed by atoms with Crippen LogP contribution in [0.1, 0.15) is 15.9 Å². The van der Waals surface area contributed by atoms with E-state index in [4.69, 9.17) is 31.0 Å². The van der Waals surface area contributed by atoms with Gasteiger partial charge in [-0.15, -0.1) is 10.1 Å². The summed E-state index contributed by atoms with van der Waals surface area (Å²) in [5.41, 5.74) is 0.367. The summed E-state index contributed by atoms with van der Waals surface area (Å²) >= 11 is 5.81. The Hall–Kier alpha value is -3.68. The van der Waals surface area contributed by atoms with Gasteiger partial charge in [0.15, 0.2) is 11.5 Å². The fourth-order valence-corrected chi connectivity index (χ4v) is 3.42. The minimum atomic E-state index is -4.15. The van der Waals surface area contributed by atoms with Crippen molar-refractivity contribution in [2.75, 3.05) is 20.3 Å². The van der Waals surface area contributed by atoms with Crippen LogP contribution in [0.4, 0.5) is 0 Å². The summed E-state index contributed by atoms with van der Waals surface area (Å²) in [6.45, 7) is -0.701. The largest absolute Gasteiger partial charge is 0.493 e. The molecule has 0 saturated heterocycles. The molecule has 33 heavy (non-hydrogen) atoms. The van der Waals surface area contributed by atoms with Gasteiger partial charge < -0.3 is 19.0 Å². The lowest BCUT2D eigenvalue weighted by molar-refractivity contribution is -0.757. The highest BCUT2D eigenvalue weighted by atomic mass is 35.5. The summed E-state index contributed by atoms with van der Waals surface area (Å²) < 4.78 is 38.3. The van der Waals surface area contributed by atoms with Crippen LogP contribution < -0.4 is 14.6 Å². The van der Waals surface area contributed by atoms with Crippen LogP contribution >= 0.6 is 11.6 Å². The van der Waals surface area contributed by atoms with Crippen LogP contribution in [-0.2, 0) is 24.4 Å². The van der Waals surface area contributed by atoms with Crippen molar-refractivity contribution in [3.8, 4) is 11.5 Å². The molecule has 0 heterocycles. The van der Waals surface area contributed by atoms with Crippen LogP contribution in [-0.4, -0.2) is 45.8 Å². The number of benzene rings is 2. The number of ether oxygens (including phenoxy) is 3. The normalized spacial score (nSPS) is 11.1. The van der Waals surface area contributed by atoms with Crippen molar-refractivity contribution >= 4 is 39.6 Å². The van der Waals surface area contributed by atoms with E-state index in [9.17, 15) is 28.1 Å². The zero-order valence-corrected chi connectivity index (χ0v) is 18.5. The number of halogens is 1. The topological polar surface area (TPSA) is 174 Å². The molecule has 0 aliphatic carbocycles. The van der Waals surface area contributed by atoms with Crippen LogP contribution in [0.2, 0.25) is 5.02 Å². The molecule has 14 heteroatoms. The third-order valence-electron chi connectivity index (χ3n) is 3.80. The Labute approximate surface area is 192 Å². The average Bonchev–Trinajstić information content (AvgIpc) is 2.75. The van der Waals surface area contributed by atoms with Gasteiger partial charge in [0.05, 0.1) is 17.7 Å². The Morgan fingerprint density at radius 2 is 1.88 bits per heavy atom. The smallest absolute Gasteiger partial charge is 0.343 e. The number of primary sulfonamides is 1. The number of carbonyl (C=O) groups excluding carboxylic acids is 2. The molecule has 2 aromatic rings. The van der Waals surface area contributed by atoms with E-state index in [2.05, 4.69) is 4.84 Å². The van der Waals surface area contributed by atoms with E-state index < -0.39 is 38.6 Å². The molecule has 0 aromatic heterocycles. The summed E-state index contributed by atoms with van der Waals surface area (Å²) in [7, 11) is -2.83. The summed E-state index contributed by atoms with van der Waals surface area (Å²) in [6, 6.07) is 7.81. The first kappa shape index (κ1) is 25.6. The highest BCUT2D eigenvalue weighted by Crippen LogP contribution is 2.30. The number of methoxy groups -OCH3 is 1. The summed E-state index contributed by atoms with van der Waals surface area (Å²) in [6.07, 6.45) is 2.46. The summed E-state index contributed by atoms with van der Waals surface area (Å²) in [5, 5.41) is 13.9. The summed E-state index contributed by atoms with van der Waals surface area (Å²) in [4.78, 5) is 37.7. The van der Waals surface area contributed by atoms with Gasteiger partial charge in [0.1, 0.15) is 18.1 Å². The predicted molar refractivity (Wildman–Crippen MR) is 114 cm³/mol. The zero-order chi connectivity index (χ0) is 24.6. The SMILES string of the molecule is COc1cc(/C=C/C(=O)OCCO[N+](=O)[O-])ccc1OC(=O)c1ccc(Cl)c(S(N)(=O)=O)c1. The Kier molecular flexibility index (Phi) is 8.73. The van der Waals surface area contributed by atoms with Gasteiger partial charge >= 0.3 is 11.9 Å². The lowest BCUT2D eigenvalue weighted by Crippen LogP contribution is -2.15. The molecule has 0 radical (unpaired) electrons. The standard InChI is InChI=1S/C19H17ClN2O10S/c1-29-16-10-12(3-7-18(23)30-8-9-31-22(25)26)2-6-15(16)32-19(24)13-4-5-14(20)17(11-13)33(21,27)28/h2-7,10-11H,8-9H2,1H3,(H2,21,27,28)/b7-3+. The van der Waals surface area contributed by atoms with E-state index in [1.165, 1.54) is 43.5 Å². The molecular weight excluding hydrogens is 484 g/mol. The second-order valence-electron chi connectivity index (χ2n) is 6.05. The number of carbonyl (C=O) groups is 2. The maximum atomic E-state index is 12.5. The highest BCUT2D eigenvalue weighted by molar-refractivity contribution is 7.89. The Morgan fingerprint density at radius 3 is 2.52 bits per heavy atom. The lowest BCUT2D eigenvalue weighted by Gasteiger charge is -2.11. The molecule has 0 aliphatic rings. The molecule has 0 spiro atoms. The van der Waals surface area contributed by atoms with Crippen molar-refractivity contribution in [2.24, 2.45) is 5.14 Å². The van der Waals surface area contributed by atoms with E-state index in [1.807, 2.05) is 0 Å². The lowest BCUT2D eigenvalue weighted by atomic mass is 10.2. The number of hydrogen-bond acceptors (Lipinski definition) is 10. The number of nitrogens with zero attached hydrogens (tertiary/aromatic N) is 1. The number of esters is 2. The van der Waals surface area contributed by atoms with Crippen molar-refractivity contribution in [3.63, 3.8) is 0 Å². The highest BCUT2D eigenvalue weighted by Gasteiger charge is 2.19. The Morgan fingerprint density at radius 1 is 1.15 bits per heavy atom. The van der Waals surface area contributed by atoms with Gasteiger partial charge in [-0.1, -0.05) is 17.7 Å². The third kappa shape index (κ3) is 7.75. The second kappa shape index (κ2) is 11.3. The van der Waals surface area contributed by atoms with E-state index in [1.54, 1.807) is 0 Å². The molecule has 2 N–H and O–H groups in total. The molecule has 2 aromatic carbocycles. The first-order valence-corrected chi connectivity index (χ1v) is 10.8. The van der Waals surface area contributed by atoms with Gasteiger partial charge in [-0.3, -0.25) is 0 Å². The van der Waals surface area contributed by atoms with Crippen LogP contribution in [0.3, 0.4) is 0 Å². The molecule has 0 atom stereocenters. The molecule has 0 amide bonds. The van der Waals surface area contributed by atoms with Gasteiger partial charge in [-0.25, -0.2) is 23.1 Å². The summed E-state index contributed by atoms with van der Waals surface area (Å²) in [5.74, 6) is -1.49. The number of hydrogen-bond donors (Lipinski definition) is 1. The maximum Gasteiger partial charge on any atom is 0.343 e. The fraction of sp³-hybridized carbons (Fsp3) is 0.158. The monoisotopic (exact) mass is 500 g/mol. The molecular formula is C19H17ClN2O10S. The first-order valence-electron chi connectivity index (χ1n) is 8.86. The number of rotatable bonds is 10. The fourth-order valence-electron chi connectivity index (χ4n) is 2.35. The molecule has 176 valence electrons. The van der Waals surface area contributed by atoms with Crippen molar-refractivity contribution in [3.05, 3.63) is 68.7 Å². The predicted octanol–water partition coefficient (Wildman–Crippen LogP) is 1.98. The first-order chi connectivity index (χ1) is 15.5. The second-order valence-corrected chi connectivity index (χ2v) is 7.98. The van der Waals surface area contributed by atoms with Gasteiger partial charge in [-0.2, -0.15) is 0 Å². The molecule has 2 rings (SSSR count). The minimum Gasteiger partial charge on any atom is -0.493 e. The molecule has 0 bridgehead atoms. The van der Waals surface area contributed by atoms with Crippen molar-refractivity contribution < 1.29 is 42.1 Å².